The summed E-state index contributed by atoms with van der Waals surface area (Å²) >= 11 is 22.2. The molecule has 1 aromatic rings. The van der Waals surface area contributed by atoms with E-state index in [0.29, 0.717) is 37.0 Å². The fraction of sp³-hybridized carbons (Fsp3) is 0. The number of hydrogen-bond acceptors (Lipinski definition) is 1. The minimum Gasteiger partial charge on any atom is -0.345 e. The molecule has 0 fully saturated rings. The van der Waals surface area contributed by atoms with Crippen LogP contribution in [0.15, 0.2) is 45.7 Å². The van der Waals surface area contributed by atoms with Gasteiger partial charge in [0.25, 0.3) is 0 Å². The van der Waals surface area contributed by atoms with Gasteiger partial charge in [-0.15, -0.1) is 0 Å². The summed E-state index contributed by atoms with van der Waals surface area (Å²) in [5.74, 6) is 0. The van der Waals surface area contributed by atoms with Crippen LogP contribution in [0.1, 0.15) is 0 Å². The molecule has 1 aromatic carbocycles. The number of fused-ring (bicyclic) bond motifs is 1. The maximum absolute atomic E-state index is 12.3. The SMILES string of the molecule is O=c1c(Br)ccc2[nH]c(Cl)c(-c3ccccc3Cl)c(Cl)c1-2. The van der Waals surface area contributed by atoms with Crippen molar-refractivity contribution in [1.82, 2.24) is 4.98 Å². The minimum atomic E-state index is -0.196. The highest BCUT2D eigenvalue weighted by atomic mass is 79.9. The van der Waals surface area contributed by atoms with Crippen molar-refractivity contribution in [1.29, 1.82) is 0 Å². The van der Waals surface area contributed by atoms with Crippen LogP contribution in [-0.4, -0.2) is 4.98 Å². The normalized spacial score (nSPS) is 11.0. The molecule has 0 saturated carbocycles. The molecule has 2 aliphatic rings. The van der Waals surface area contributed by atoms with Gasteiger partial charge in [0, 0.05) is 16.1 Å². The Morgan fingerprint density at radius 3 is 2.38 bits per heavy atom. The van der Waals surface area contributed by atoms with Crippen molar-refractivity contribution in [2.75, 3.05) is 0 Å². The Kier molecular flexibility index (Phi) is 4.02. The van der Waals surface area contributed by atoms with E-state index in [0.717, 1.165) is 0 Å². The third kappa shape index (κ3) is 2.49. The molecular weight excluding hydrogens is 396 g/mol. The van der Waals surface area contributed by atoms with Gasteiger partial charge in [-0.1, -0.05) is 53.0 Å². The number of aromatic nitrogens is 1. The molecule has 0 atom stereocenters. The molecule has 3 rings (SSSR count). The Morgan fingerprint density at radius 2 is 1.67 bits per heavy atom. The minimum absolute atomic E-state index is 0.196. The summed E-state index contributed by atoms with van der Waals surface area (Å²) in [4.78, 5) is 15.3. The van der Waals surface area contributed by atoms with Gasteiger partial charge < -0.3 is 4.98 Å². The number of rotatable bonds is 1. The second-order valence-electron chi connectivity index (χ2n) is 4.41. The molecule has 21 heavy (non-hydrogen) atoms. The zero-order chi connectivity index (χ0) is 15.1. The second kappa shape index (κ2) is 5.65. The van der Waals surface area contributed by atoms with E-state index < -0.39 is 0 Å². The topological polar surface area (TPSA) is 32.9 Å². The van der Waals surface area contributed by atoms with Crippen molar-refractivity contribution >= 4 is 50.7 Å². The summed E-state index contributed by atoms with van der Waals surface area (Å²) in [5.41, 5.74) is 1.96. The number of nitrogens with one attached hydrogen (secondary N) is 1. The van der Waals surface area contributed by atoms with Crippen LogP contribution >= 0.6 is 50.7 Å². The summed E-state index contributed by atoms with van der Waals surface area (Å²) in [6, 6.07) is 10.6. The summed E-state index contributed by atoms with van der Waals surface area (Å²) in [6.07, 6.45) is 0. The van der Waals surface area contributed by atoms with Crippen LogP contribution < -0.4 is 5.43 Å². The lowest BCUT2D eigenvalue weighted by Gasteiger charge is -2.15. The number of halogens is 4. The maximum atomic E-state index is 12.3. The van der Waals surface area contributed by atoms with Crippen LogP contribution in [0.2, 0.25) is 15.2 Å². The van der Waals surface area contributed by atoms with E-state index in [9.17, 15) is 4.79 Å². The third-order valence-corrected chi connectivity index (χ3v) is 4.77. The highest BCUT2D eigenvalue weighted by Gasteiger charge is 2.21. The third-order valence-electron chi connectivity index (χ3n) is 3.16. The van der Waals surface area contributed by atoms with Crippen LogP contribution in [0.3, 0.4) is 0 Å². The molecule has 0 bridgehead atoms. The Bertz CT molecular complexity index is 875. The van der Waals surface area contributed by atoms with Gasteiger partial charge in [-0.3, -0.25) is 4.79 Å². The van der Waals surface area contributed by atoms with Gasteiger partial charge in [0.15, 0.2) is 0 Å². The first-order chi connectivity index (χ1) is 10.0. The van der Waals surface area contributed by atoms with Crippen molar-refractivity contribution in [3.05, 3.63) is 66.3 Å². The lowest BCUT2D eigenvalue weighted by atomic mass is 10.0. The van der Waals surface area contributed by atoms with Crippen LogP contribution in [0.5, 0.6) is 0 Å². The summed E-state index contributed by atoms with van der Waals surface area (Å²) in [7, 11) is 0. The second-order valence-corrected chi connectivity index (χ2v) is 6.42. The van der Waals surface area contributed by atoms with Gasteiger partial charge in [-0.25, -0.2) is 0 Å². The number of aromatic amines is 1. The Hall–Kier alpha value is -1.000. The van der Waals surface area contributed by atoms with Crippen LogP contribution in [0.25, 0.3) is 22.4 Å². The Balaban J connectivity index is 2.46. The quantitative estimate of drug-likeness (QED) is 0.507. The first-order valence-corrected chi connectivity index (χ1v) is 7.87. The Morgan fingerprint density at radius 1 is 0.952 bits per heavy atom. The Labute approximate surface area is 144 Å². The fourth-order valence-corrected chi connectivity index (χ4v) is 3.47. The maximum Gasteiger partial charge on any atom is 0.203 e. The van der Waals surface area contributed by atoms with E-state index >= 15 is 0 Å². The van der Waals surface area contributed by atoms with Crippen molar-refractivity contribution in [3.8, 4) is 22.4 Å². The van der Waals surface area contributed by atoms with Crippen LogP contribution in [0.4, 0.5) is 0 Å². The molecule has 2 nitrogen and oxygen atoms in total. The smallest absolute Gasteiger partial charge is 0.203 e. The number of benzene rings is 2. The van der Waals surface area contributed by atoms with Crippen molar-refractivity contribution in [2.45, 2.75) is 0 Å². The number of H-pyrrole nitrogens is 1. The molecule has 0 spiro atoms. The zero-order valence-electron chi connectivity index (χ0n) is 10.4. The van der Waals surface area contributed by atoms with E-state index in [1.165, 1.54) is 0 Å². The first-order valence-electron chi connectivity index (χ1n) is 5.95. The van der Waals surface area contributed by atoms with Gasteiger partial charge in [-0.2, -0.15) is 0 Å². The molecule has 0 amide bonds. The van der Waals surface area contributed by atoms with E-state index in [4.69, 9.17) is 34.8 Å². The molecule has 6 heteroatoms. The average Bonchev–Trinajstić information content (AvgIpc) is 2.44. The number of pyridine rings is 1. The van der Waals surface area contributed by atoms with Crippen LogP contribution in [-0.2, 0) is 0 Å². The fourth-order valence-electron chi connectivity index (χ4n) is 2.18. The van der Waals surface area contributed by atoms with Crippen LogP contribution in [0, 0.1) is 0 Å². The van der Waals surface area contributed by atoms with E-state index in [1.54, 1.807) is 24.3 Å². The predicted octanol–water partition coefficient (Wildman–Crippen LogP) is 5.87. The van der Waals surface area contributed by atoms with Crippen molar-refractivity contribution in [3.63, 3.8) is 0 Å². The van der Waals surface area contributed by atoms with Crippen molar-refractivity contribution in [2.24, 2.45) is 0 Å². The van der Waals surface area contributed by atoms with E-state index in [1.807, 2.05) is 12.1 Å². The predicted molar refractivity (Wildman–Crippen MR) is 91.9 cm³/mol. The van der Waals surface area contributed by atoms with Crippen molar-refractivity contribution < 1.29 is 0 Å². The molecular formula is C15H7BrCl3NO. The van der Waals surface area contributed by atoms with Gasteiger partial charge >= 0.3 is 0 Å². The molecule has 0 aromatic heterocycles. The molecule has 1 aliphatic carbocycles. The summed E-state index contributed by atoms with van der Waals surface area (Å²) in [6.45, 7) is 0. The van der Waals surface area contributed by atoms with Gasteiger partial charge in [0.05, 0.1) is 20.8 Å². The standard InChI is InChI=1S/C15H7BrCl3NO/c16-8-5-6-10-12(14(8)21)13(18)11(15(19)20-10)7-3-1-2-4-9(7)17/h1-6,20H. The van der Waals surface area contributed by atoms with Gasteiger partial charge in [0.1, 0.15) is 5.15 Å². The lowest BCUT2D eigenvalue weighted by molar-refractivity contribution is 1.29. The molecule has 0 radical (unpaired) electrons. The summed E-state index contributed by atoms with van der Waals surface area (Å²) < 4.78 is 0.442. The lowest BCUT2D eigenvalue weighted by Crippen LogP contribution is -2.09. The van der Waals surface area contributed by atoms with Gasteiger partial charge in [0.2, 0.25) is 5.43 Å². The average molecular weight is 403 g/mol. The molecule has 1 N–H and O–H groups in total. The summed E-state index contributed by atoms with van der Waals surface area (Å²) in [5, 5.41) is 1.13. The highest BCUT2D eigenvalue weighted by molar-refractivity contribution is 9.10. The first kappa shape index (κ1) is 14.9. The molecule has 106 valence electrons. The molecule has 1 aliphatic heterocycles. The van der Waals surface area contributed by atoms with Gasteiger partial charge in [-0.05, 0) is 34.1 Å². The monoisotopic (exact) mass is 401 g/mol. The number of hydrogen-bond donors (Lipinski definition) is 1. The molecule has 0 saturated heterocycles. The highest BCUT2D eigenvalue weighted by Crippen LogP contribution is 2.42. The molecule has 1 heterocycles. The largest absolute Gasteiger partial charge is 0.345 e. The van der Waals surface area contributed by atoms with E-state index in [2.05, 4.69) is 20.9 Å². The molecule has 0 unspecified atom stereocenters. The van der Waals surface area contributed by atoms with E-state index in [-0.39, 0.29) is 10.5 Å². The zero-order valence-corrected chi connectivity index (χ0v) is 14.2.